The lowest BCUT2D eigenvalue weighted by atomic mass is 10.1. The average molecular weight is 430 g/mol. The molecule has 3 rings (SSSR count). The molecule has 0 saturated carbocycles. The lowest BCUT2D eigenvalue weighted by molar-refractivity contribution is 0.0762. The van der Waals surface area contributed by atoms with Crippen LogP contribution in [-0.2, 0) is 16.4 Å². The molecule has 0 spiro atoms. The molecule has 30 heavy (non-hydrogen) atoms. The zero-order valence-corrected chi connectivity index (χ0v) is 18.6. The van der Waals surface area contributed by atoms with Gasteiger partial charge in [0.25, 0.3) is 15.9 Å². The SMILES string of the molecule is CCCCc1ccc(NS(=O)(=O)c2cccc(C(=O)N3CCCN(C)CC3)c2)cc1. The quantitative estimate of drug-likeness (QED) is 0.730. The minimum absolute atomic E-state index is 0.0929. The molecular weight excluding hydrogens is 398 g/mol. The summed E-state index contributed by atoms with van der Waals surface area (Å²) in [5, 5.41) is 0. The minimum Gasteiger partial charge on any atom is -0.337 e. The number of carbonyl (C=O) groups excluding carboxylic acids is 1. The Kier molecular flexibility index (Phi) is 7.50. The molecule has 1 saturated heterocycles. The average Bonchev–Trinajstić information content (AvgIpc) is 2.97. The smallest absolute Gasteiger partial charge is 0.261 e. The summed E-state index contributed by atoms with van der Waals surface area (Å²) in [5.41, 5.74) is 2.11. The second-order valence-electron chi connectivity index (χ2n) is 7.88. The normalized spacial score (nSPS) is 15.6. The van der Waals surface area contributed by atoms with Gasteiger partial charge < -0.3 is 9.80 Å². The number of nitrogens with one attached hydrogen (secondary N) is 1. The van der Waals surface area contributed by atoms with Crippen LogP contribution in [-0.4, -0.2) is 57.4 Å². The topological polar surface area (TPSA) is 69.7 Å². The third-order valence-electron chi connectivity index (χ3n) is 5.42. The van der Waals surface area contributed by atoms with Crippen molar-refractivity contribution in [3.8, 4) is 0 Å². The van der Waals surface area contributed by atoms with Crippen molar-refractivity contribution in [3.63, 3.8) is 0 Å². The van der Waals surface area contributed by atoms with Gasteiger partial charge >= 0.3 is 0 Å². The van der Waals surface area contributed by atoms with Crippen LogP contribution in [0.2, 0.25) is 0 Å². The van der Waals surface area contributed by atoms with E-state index < -0.39 is 10.0 Å². The first-order valence-electron chi connectivity index (χ1n) is 10.6. The van der Waals surface area contributed by atoms with Crippen LogP contribution < -0.4 is 4.72 Å². The number of carbonyl (C=O) groups is 1. The Balaban J connectivity index is 1.73. The lowest BCUT2D eigenvalue weighted by Gasteiger charge is -2.21. The van der Waals surface area contributed by atoms with E-state index in [4.69, 9.17) is 0 Å². The van der Waals surface area contributed by atoms with Gasteiger partial charge in [-0.05, 0) is 68.8 Å². The lowest BCUT2D eigenvalue weighted by Crippen LogP contribution is -2.34. The van der Waals surface area contributed by atoms with Crippen molar-refractivity contribution in [2.24, 2.45) is 0 Å². The summed E-state index contributed by atoms with van der Waals surface area (Å²) in [5.74, 6) is -0.123. The van der Waals surface area contributed by atoms with E-state index in [2.05, 4.69) is 16.5 Å². The molecule has 1 heterocycles. The van der Waals surface area contributed by atoms with Gasteiger partial charge in [-0.1, -0.05) is 31.5 Å². The summed E-state index contributed by atoms with van der Waals surface area (Å²) in [7, 11) is -1.73. The number of aryl methyl sites for hydroxylation is 1. The number of sulfonamides is 1. The van der Waals surface area contributed by atoms with Crippen molar-refractivity contribution >= 4 is 21.6 Å². The van der Waals surface area contributed by atoms with E-state index in [1.54, 1.807) is 29.2 Å². The van der Waals surface area contributed by atoms with Gasteiger partial charge in [-0.2, -0.15) is 0 Å². The van der Waals surface area contributed by atoms with Crippen molar-refractivity contribution < 1.29 is 13.2 Å². The van der Waals surface area contributed by atoms with Gasteiger partial charge in [0, 0.05) is 30.9 Å². The number of amides is 1. The van der Waals surface area contributed by atoms with Crippen molar-refractivity contribution in [2.75, 3.05) is 37.9 Å². The predicted octanol–water partition coefficient (Wildman–Crippen LogP) is 3.61. The van der Waals surface area contributed by atoms with E-state index in [9.17, 15) is 13.2 Å². The molecule has 2 aromatic carbocycles. The van der Waals surface area contributed by atoms with Crippen molar-refractivity contribution in [1.29, 1.82) is 0 Å². The molecule has 0 aromatic heterocycles. The fourth-order valence-corrected chi connectivity index (χ4v) is 4.67. The van der Waals surface area contributed by atoms with Gasteiger partial charge in [0.05, 0.1) is 4.90 Å². The maximum absolute atomic E-state index is 12.9. The third kappa shape index (κ3) is 5.83. The molecule has 162 valence electrons. The zero-order chi connectivity index (χ0) is 21.6. The Labute approximate surface area is 179 Å². The molecule has 1 fully saturated rings. The number of benzene rings is 2. The molecule has 6 nitrogen and oxygen atoms in total. The highest BCUT2D eigenvalue weighted by atomic mass is 32.2. The second kappa shape index (κ2) is 10.1. The molecule has 1 N–H and O–H groups in total. The van der Waals surface area contributed by atoms with Gasteiger partial charge in [0.1, 0.15) is 0 Å². The molecule has 0 radical (unpaired) electrons. The van der Waals surface area contributed by atoms with Gasteiger partial charge in [-0.25, -0.2) is 8.42 Å². The van der Waals surface area contributed by atoms with E-state index in [0.29, 0.717) is 24.3 Å². The standard InChI is InChI=1S/C23H31N3O3S/c1-3-4-7-19-10-12-21(13-11-19)24-30(28,29)22-9-5-8-20(18-22)23(27)26-15-6-14-25(2)16-17-26/h5,8-13,18,24H,3-4,6-7,14-17H2,1-2H3. The van der Waals surface area contributed by atoms with Crippen LogP contribution in [0, 0.1) is 0 Å². The Morgan fingerprint density at radius 3 is 2.53 bits per heavy atom. The molecule has 0 bridgehead atoms. The van der Waals surface area contributed by atoms with Crippen molar-refractivity contribution in [2.45, 2.75) is 37.5 Å². The van der Waals surface area contributed by atoms with Crippen LogP contribution in [0.15, 0.2) is 53.4 Å². The Morgan fingerprint density at radius 2 is 1.80 bits per heavy atom. The Morgan fingerprint density at radius 1 is 1.03 bits per heavy atom. The van der Waals surface area contributed by atoms with Crippen LogP contribution in [0.3, 0.4) is 0 Å². The number of anilines is 1. The minimum atomic E-state index is -3.77. The van der Waals surface area contributed by atoms with Gasteiger partial charge in [0.15, 0.2) is 0 Å². The molecule has 7 heteroatoms. The number of unbranched alkanes of at least 4 members (excludes halogenated alkanes) is 1. The molecule has 0 unspecified atom stereocenters. The molecule has 2 aromatic rings. The summed E-state index contributed by atoms with van der Waals surface area (Å²) in [4.78, 5) is 17.0. The highest BCUT2D eigenvalue weighted by Gasteiger charge is 2.21. The summed E-state index contributed by atoms with van der Waals surface area (Å²) in [6.07, 6.45) is 4.13. The number of likely N-dealkylation sites (N-methyl/N-ethyl adjacent to an activating group) is 1. The summed E-state index contributed by atoms with van der Waals surface area (Å²) in [6, 6.07) is 13.8. The molecular formula is C23H31N3O3S. The van der Waals surface area contributed by atoms with E-state index in [0.717, 1.165) is 38.8 Å². The second-order valence-corrected chi connectivity index (χ2v) is 9.57. The first-order chi connectivity index (χ1) is 14.4. The Hall–Kier alpha value is -2.38. The van der Waals surface area contributed by atoms with Crippen LogP contribution in [0.5, 0.6) is 0 Å². The number of nitrogens with zero attached hydrogens (tertiary/aromatic N) is 2. The van der Waals surface area contributed by atoms with Crippen LogP contribution in [0.4, 0.5) is 5.69 Å². The largest absolute Gasteiger partial charge is 0.337 e. The predicted molar refractivity (Wildman–Crippen MR) is 120 cm³/mol. The molecule has 1 amide bonds. The number of rotatable bonds is 7. The maximum atomic E-state index is 12.9. The molecule has 1 aliphatic rings. The highest BCUT2D eigenvalue weighted by Crippen LogP contribution is 2.19. The van der Waals surface area contributed by atoms with Gasteiger partial charge in [-0.3, -0.25) is 9.52 Å². The van der Waals surface area contributed by atoms with Crippen LogP contribution >= 0.6 is 0 Å². The maximum Gasteiger partial charge on any atom is 0.261 e. The van der Waals surface area contributed by atoms with Gasteiger partial charge in [0.2, 0.25) is 0 Å². The third-order valence-corrected chi connectivity index (χ3v) is 6.80. The van der Waals surface area contributed by atoms with E-state index in [-0.39, 0.29) is 10.8 Å². The van der Waals surface area contributed by atoms with Crippen molar-refractivity contribution in [1.82, 2.24) is 9.80 Å². The van der Waals surface area contributed by atoms with Crippen LogP contribution in [0.1, 0.15) is 42.1 Å². The first kappa shape index (κ1) is 22.3. The molecule has 0 atom stereocenters. The summed E-state index contributed by atoms with van der Waals surface area (Å²) in [6.45, 7) is 5.25. The molecule has 1 aliphatic heterocycles. The fraction of sp³-hybridized carbons (Fsp3) is 0.435. The monoisotopic (exact) mass is 429 g/mol. The highest BCUT2D eigenvalue weighted by molar-refractivity contribution is 7.92. The van der Waals surface area contributed by atoms with Crippen LogP contribution in [0.25, 0.3) is 0 Å². The number of hydrogen-bond acceptors (Lipinski definition) is 4. The zero-order valence-electron chi connectivity index (χ0n) is 17.8. The fourth-order valence-electron chi connectivity index (χ4n) is 3.56. The Bertz CT molecular complexity index is 958. The van der Waals surface area contributed by atoms with E-state index >= 15 is 0 Å². The van der Waals surface area contributed by atoms with E-state index in [1.165, 1.54) is 17.7 Å². The van der Waals surface area contributed by atoms with Crippen molar-refractivity contribution in [3.05, 3.63) is 59.7 Å². The van der Waals surface area contributed by atoms with E-state index in [1.807, 2.05) is 19.2 Å². The summed E-state index contributed by atoms with van der Waals surface area (Å²) < 4.78 is 28.3. The summed E-state index contributed by atoms with van der Waals surface area (Å²) >= 11 is 0. The van der Waals surface area contributed by atoms with Gasteiger partial charge in [-0.15, -0.1) is 0 Å². The first-order valence-corrected chi connectivity index (χ1v) is 12.1. The molecule has 0 aliphatic carbocycles. The number of hydrogen-bond donors (Lipinski definition) is 1.